The number of ether oxygens (including phenoxy) is 1. The number of carbonyl (C=O) groups is 1. The van der Waals surface area contributed by atoms with E-state index < -0.39 is 0 Å². The largest absolute Gasteiger partial charge is 0.469 e. The van der Waals surface area contributed by atoms with Gasteiger partial charge in [-0.25, -0.2) is 9.97 Å². The lowest BCUT2D eigenvalue weighted by Crippen LogP contribution is -2.23. The molecule has 4 rings (SSSR count). The van der Waals surface area contributed by atoms with Crippen LogP contribution in [0.2, 0.25) is 5.02 Å². The number of rotatable bonds is 4. The number of aromatic nitrogens is 2. The smallest absolute Gasteiger partial charge is 0.308 e. The average molecular weight is 409 g/mol. The van der Waals surface area contributed by atoms with Crippen LogP contribution in [0.4, 0.5) is 0 Å². The zero-order chi connectivity index (χ0) is 20.4. The molecule has 0 amide bonds. The van der Waals surface area contributed by atoms with Gasteiger partial charge in [0.05, 0.1) is 24.2 Å². The van der Waals surface area contributed by atoms with Gasteiger partial charge in [-0.3, -0.25) is 4.79 Å². The van der Waals surface area contributed by atoms with Crippen LogP contribution in [0.3, 0.4) is 0 Å². The highest BCUT2D eigenvalue weighted by Gasteiger charge is 2.31. The summed E-state index contributed by atoms with van der Waals surface area (Å²) in [7, 11) is 1.47. The van der Waals surface area contributed by atoms with E-state index in [9.17, 15) is 4.79 Å². The predicted octanol–water partition coefficient (Wildman–Crippen LogP) is 5.96. The van der Waals surface area contributed by atoms with Crippen LogP contribution in [-0.2, 0) is 16.0 Å². The fourth-order valence-corrected chi connectivity index (χ4v) is 4.77. The lowest BCUT2D eigenvalue weighted by atomic mass is 9.78. The molecule has 1 aliphatic rings. The van der Waals surface area contributed by atoms with Gasteiger partial charge in [0.1, 0.15) is 6.33 Å². The van der Waals surface area contributed by atoms with Crippen molar-refractivity contribution in [2.75, 3.05) is 7.11 Å². The van der Waals surface area contributed by atoms with Crippen LogP contribution in [-0.4, -0.2) is 23.0 Å². The molecule has 0 saturated heterocycles. The number of aryl methyl sites for hydroxylation is 1. The first kappa shape index (κ1) is 19.8. The SMILES string of the molecule is CCc1cc(-c2cccc3ncnc(C4CCCC(C(=O)OC)C4)c23)ccc1Cl. The maximum absolute atomic E-state index is 12.1. The van der Waals surface area contributed by atoms with Crippen LogP contribution in [0.25, 0.3) is 22.0 Å². The summed E-state index contributed by atoms with van der Waals surface area (Å²) in [5.74, 6) is 0.0502. The van der Waals surface area contributed by atoms with Crippen LogP contribution >= 0.6 is 11.6 Å². The van der Waals surface area contributed by atoms with Crippen molar-refractivity contribution < 1.29 is 9.53 Å². The highest BCUT2D eigenvalue weighted by atomic mass is 35.5. The van der Waals surface area contributed by atoms with Crippen LogP contribution in [0.1, 0.15) is 49.8 Å². The summed E-state index contributed by atoms with van der Waals surface area (Å²) >= 11 is 6.35. The molecule has 0 N–H and O–H groups in total. The molecule has 5 heteroatoms. The molecule has 1 aliphatic carbocycles. The first-order chi connectivity index (χ1) is 14.1. The van der Waals surface area contributed by atoms with Gasteiger partial charge < -0.3 is 4.74 Å². The van der Waals surface area contributed by atoms with E-state index in [2.05, 4.69) is 30.1 Å². The fourth-order valence-electron chi connectivity index (χ4n) is 4.52. The highest BCUT2D eigenvalue weighted by molar-refractivity contribution is 6.31. The first-order valence-corrected chi connectivity index (χ1v) is 10.6. The summed E-state index contributed by atoms with van der Waals surface area (Å²) in [6.45, 7) is 2.11. The van der Waals surface area contributed by atoms with Gasteiger partial charge >= 0.3 is 5.97 Å². The molecule has 0 bridgehead atoms. The van der Waals surface area contributed by atoms with Gasteiger partial charge in [-0.15, -0.1) is 0 Å². The second kappa shape index (κ2) is 8.50. The number of nitrogens with zero attached hydrogens (tertiary/aromatic N) is 2. The van der Waals surface area contributed by atoms with Gasteiger partial charge in [0.25, 0.3) is 0 Å². The molecule has 1 aromatic heterocycles. The Morgan fingerprint density at radius 2 is 2.07 bits per heavy atom. The van der Waals surface area contributed by atoms with E-state index in [1.807, 2.05) is 18.2 Å². The summed E-state index contributed by atoms with van der Waals surface area (Å²) in [5.41, 5.74) is 5.33. The molecule has 150 valence electrons. The van der Waals surface area contributed by atoms with Crippen LogP contribution in [0.5, 0.6) is 0 Å². The molecule has 2 unspecified atom stereocenters. The van der Waals surface area contributed by atoms with E-state index in [0.717, 1.165) is 70.4 Å². The molecule has 2 aromatic carbocycles. The van der Waals surface area contributed by atoms with E-state index in [1.165, 1.54) is 7.11 Å². The van der Waals surface area contributed by atoms with Crippen molar-refractivity contribution in [3.8, 4) is 11.1 Å². The molecular formula is C24H25ClN2O2. The highest BCUT2D eigenvalue weighted by Crippen LogP contribution is 2.41. The lowest BCUT2D eigenvalue weighted by molar-refractivity contribution is -0.146. The third-order valence-corrected chi connectivity index (χ3v) is 6.39. The Morgan fingerprint density at radius 1 is 1.21 bits per heavy atom. The van der Waals surface area contributed by atoms with E-state index >= 15 is 0 Å². The lowest BCUT2D eigenvalue weighted by Gasteiger charge is -2.28. The molecule has 0 radical (unpaired) electrons. The monoisotopic (exact) mass is 408 g/mol. The number of fused-ring (bicyclic) bond motifs is 1. The van der Waals surface area contributed by atoms with Crippen molar-refractivity contribution in [1.29, 1.82) is 0 Å². The predicted molar refractivity (Wildman–Crippen MR) is 116 cm³/mol. The fraction of sp³-hybridized carbons (Fsp3) is 0.375. The van der Waals surface area contributed by atoms with Crippen molar-refractivity contribution in [2.45, 2.75) is 44.9 Å². The Labute approximate surface area is 176 Å². The van der Waals surface area contributed by atoms with Crippen molar-refractivity contribution in [3.63, 3.8) is 0 Å². The number of benzene rings is 2. The van der Waals surface area contributed by atoms with Gasteiger partial charge in [-0.1, -0.05) is 43.1 Å². The minimum Gasteiger partial charge on any atom is -0.469 e. The number of methoxy groups -OCH3 is 1. The molecule has 29 heavy (non-hydrogen) atoms. The first-order valence-electron chi connectivity index (χ1n) is 10.2. The Bertz CT molecular complexity index is 1040. The van der Waals surface area contributed by atoms with E-state index in [0.29, 0.717) is 0 Å². The van der Waals surface area contributed by atoms with E-state index in [4.69, 9.17) is 21.3 Å². The van der Waals surface area contributed by atoms with Crippen molar-refractivity contribution >= 4 is 28.5 Å². The maximum Gasteiger partial charge on any atom is 0.308 e. The standard InChI is InChI=1S/C24H25ClN2O2/c1-3-15-12-16(10-11-20(15)25)19-8-5-9-21-22(19)23(27-14-26-21)17-6-4-7-18(13-17)24(28)29-2/h5,8-12,14,17-18H,3-4,6-7,13H2,1-2H3. The van der Waals surface area contributed by atoms with E-state index in [-0.39, 0.29) is 17.8 Å². The van der Waals surface area contributed by atoms with Crippen molar-refractivity contribution in [2.24, 2.45) is 5.92 Å². The normalized spacial score (nSPS) is 19.3. The number of halogens is 1. The van der Waals surface area contributed by atoms with Crippen molar-refractivity contribution in [3.05, 3.63) is 59.0 Å². The number of esters is 1. The number of hydrogen-bond donors (Lipinski definition) is 0. The summed E-state index contributed by atoms with van der Waals surface area (Å²) in [5, 5.41) is 1.87. The Kier molecular flexibility index (Phi) is 5.81. The molecule has 1 fully saturated rings. The Balaban J connectivity index is 1.83. The quantitative estimate of drug-likeness (QED) is 0.500. The summed E-state index contributed by atoms with van der Waals surface area (Å²) in [6.07, 6.45) is 6.20. The molecule has 0 aliphatic heterocycles. The molecule has 3 aromatic rings. The molecule has 2 atom stereocenters. The van der Waals surface area contributed by atoms with Crippen molar-refractivity contribution in [1.82, 2.24) is 9.97 Å². The van der Waals surface area contributed by atoms with Gasteiger partial charge in [0, 0.05) is 16.3 Å². The Hall–Kier alpha value is -2.46. The van der Waals surface area contributed by atoms with Gasteiger partial charge in [-0.05, 0) is 60.6 Å². The van der Waals surface area contributed by atoms with Crippen LogP contribution < -0.4 is 0 Å². The summed E-state index contributed by atoms with van der Waals surface area (Å²) in [4.78, 5) is 21.4. The molecule has 1 saturated carbocycles. The zero-order valence-corrected chi connectivity index (χ0v) is 17.6. The zero-order valence-electron chi connectivity index (χ0n) is 16.8. The average Bonchev–Trinajstić information content (AvgIpc) is 2.78. The minimum atomic E-state index is -0.112. The molecule has 0 spiro atoms. The van der Waals surface area contributed by atoms with E-state index in [1.54, 1.807) is 6.33 Å². The maximum atomic E-state index is 12.1. The molecule has 1 heterocycles. The van der Waals surface area contributed by atoms with Gasteiger partial charge in [0.2, 0.25) is 0 Å². The molecule has 4 nitrogen and oxygen atoms in total. The van der Waals surface area contributed by atoms with Crippen LogP contribution in [0.15, 0.2) is 42.7 Å². The third kappa shape index (κ3) is 3.86. The second-order valence-electron chi connectivity index (χ2n) is 7.70. The molecular weight excluding hydrogens is 384 g/mol. The van der Waals surface area contributed by atoms with Gasteiger partial charge in [0.15, 0.2) is 0 Å². The Morgan fingerprint density at radius 3 is 2.86 bits per heavy atom. The van der Waals surface area contributed by atoms with Gasteiger partial charge in [-0.2, -0.15) is 0 Å². The number of hydrogen-bond acceptors (Lipinski definition) is 4. The second-order valence-corrected chi connectivity index (χ2v) is 8.11. The topological polar surface area (TPSA) is 52.1 Å². The number of carbonyl (C=O) groups excluding carboxylic acids is 1. The summed E-state index contributed by atoms with van der Waals surface area (Å²) < 4.78 is 5.01. The van der Waals surface area contributed by atoms with Crippen LogP contribution in [0, 0.1) is 5.92 Å². The third-order valence-electron chi connectivity index (χ3n) is 6.03. The minimum absolute atomic E-state index is 0.0573. The summed E-state index contributed by atoms with van der Waals surface area (Å²) in [6, 6.07) is 12.4.